The first-order chi connectivity index (χ1) is 11.1. The third-order valence-electron chi connectivity index (χ3n) is 3.62. The van der Waals surface area contributed by atoms with Gasteiger partial charge in [-0.2, -0.15) is 0 Å². The number of amides is 1. The van der Waals surface area contributed by atoms with E-state index in [1.807, 2.05) is 66.2 Å². The second-order valence-corrected chi connectivity index (χ2v) is 6.46. The molecule has 0 saturated heterocycles. The first-order valence-corrected chi connectivity index (χ1v) is 8.37. The minimum atomic E-state index is -0.0989. The number of carbonyl (C=O) groups excluding carboxylic acids is 1. The maximum absolute atomic E-state index is 12.6. The lowest BCUT2D eigenvalue weighted by Crippen LogP contribution is -2.28. The topological polar surface area (TPSA) is 46.9 Å². The van der Waals surface area contributed by atoms with Gasteiger partial charge in [0.1, 0.15) is 5.69 Å². The van der Waals surface area contributed by atoms with Gasteiger partial charge in [-0.3, -0.25) is 9.78 Å². The molecule has 3 rings (SSSR count). The van der Waals surface area contributed by atoms with E-state index in [9.17, 15) is 4.79 Å². The Hall–Kier alpha value is -2.15. The van der Waals surface area contributed by atoms with E-state index < -0.39 is 0 Å². The summed E-state index contributed by atoms with van der Waals surface area (Å²) in [4.78, 5) is 16.6. The molecular formula is C18H16IN3O. The number of pyridine rings is 1. The Balaban J connectivity index is 1.83. The summed E-state index contributed by atoms with van der Waals surface area (Å²) in [7, 11) is 0. The Morgan fingerprint density at radius 3 is 2.70 bits per heavy atom. The summed E-state index contributed by atoms with van der Waals surface area (Å²) in [6.07, 6.45) is 5.36. The summed E-state index contributed by atoms with van der Waals surface area (Å²) in [6, 6.07) is 15.5. The van der Waals surface area contributed by atoms with Gasteiger partial charge < -0.3 is 9.88 Å². The number of carbonyl (C=O) groups is 1. The molecule has 4 nitrogen and oxygen atoms in total. The van der Waals surface area contributed by atoms with Gasteiger partial charge in [-0.25, -0.2) is 0 Å². The molecule has 116 valence electrons. The zero-order valence-electron chi connectivity index (χ0n) is 12.6. The molecule has 1 atom stereocenters. The van der Waals surface area contributed by atoms with Gasteiger partial charge in [0.05, 0.1) is 6.04 Å². The van der Waals surface area contributed by atoms with E-state index >= 15 is 0 Å². The molecule has 0 saturated carbocycles. The van der Waals surface area contributed by atoms with Gasteiger partial charge in [-0.15, -0.1) is 0 Å². The van der Waals surface area contributed by atoms with Crippen molar-refractivity contribution >= 4 is 28.5 Å². The van der Waals surface area contributed by atoms with Gasteiger partial charge in [0.15, 0.2) is 0 Å². The van der Waals surface area contributed by atoms with Gasteiger partial charge >= 0.3 is 0 Å². The molecule has 5 heteroatoms. The maximum Gasteiger partial charge on any atom is 0.268 e. The first-order valence-electron chi connectivity index (χ1n) is 7.29. The SMILES string of the molecule is C[C@@H](NC(=O)c1cccn1-c1cccc(I)c1)c1ccncc1. The number of nitrogens with one attached hydrogen (secondary N) is 1. The zero-order chi connectivity index (χ0) is 16.2. The molecule has 0 spiro atoms. The Kier molecular flexibility index (Phi) is 4.76. The minimum Gasteiger partial charge on any atom is -0.344 e. The zero-order valence-corrected chi connectivity index (χ0v) is 14.8. The number of rotatable bonds is 4. The maximum atomic E-state index is 12.6. The van der Waals surface area contributed by atoms with Crippen molar-refractivity contribution < 1.29 is 4.79 Å². The van der Waals surface area contributed by atoms with Crippen LogP contribution in [0.15, 0.2) is 67.1 Å². The number of nitrogens with zero attached hydrogens (tertiary/aromatic N) is 2. The van der Waals surface area contributed by atoms with Crippen LogP contribution in [0.2, 0.25) is 0 Å². The number of hydrogen-bond acceptors (Lipinski definition) is 2. The molecular weight excluding hydrogens is 401 g/mol. The van der Waals surface area contributed by atoms with Crippen LogP contribution in [0, 0.1) is 3.57 Å². The lowest BCUT2D eigenvalue weighted by atomic mass is 10.1. The molecule has 0 aliphatic heterocycles. The van der Waals surface area contributed by atoms with Crippen molar-refractivity contribution in [3.8, 4) is 5.69 Å². The molecule has 0 aliphatic rings. The van der Waals surface area contributed by atoms with E-state index in [0.717, 1.165) is 14.8 Å². The Labute approximate surface area is 148 Å². The standard InChI is InChI=1S/C18H16IN3O/c1-13(14-7-9-20-10-8-14)21-18(23)17-6-3-11-22(17)16-5-2-4-15(19)12-16/h2-13H,1H3,(H,21,23)/t13-/m1/s1. The molecule has 0 aliphatic carbocycles. The number of aromatic nitrogens is 2. The summed E-state index contributed by atoms with van der Waals surface area (Å²) >= 11 is 2.27. The van der Waals surface area contributed by atoms with Gasteiger partial charge in [-0.05, 0) is 77.5 Å². The average molecular weight is 417 g/mol. The third kappa shape index (κ3) is 3.61. The highest BCUT2D eigenvalue weighted by molar-refractivity contribution is 14.1. The minimum absolute atomic E-state index is 0.0789. The summed E-state index contributed by atoms with van der Waals surface area (Å²) in [5, 5.41) is 3.03. The smallest absolute Gasteiger partial charge is 0.268 e. The molecule has 0 bridgehead atoms. The molecule has 2 aromatic heterocycles. The van der Waals surface area contributed by atoms with Crippen molar-refractivity contribution in [1.29, 1.82) is 0 Å². The number of halogens is 1. The largest absolute Gasteiger partial charge is 0.344 e. The fourth-order valence-corrected chi connectivity index (χ4v) is 2.95. The summed E-state index contributed by atoms with van der Waals surface area (Å²) < 4.78 is 3.03. The number of benzene rings is 1. The van der Waals surface area contributed by atoms with Crippen molar-refractivity contribution in [2.75, 3.05) is 0 Å². The highest BCUT2D eigenvalue weighted by atomic mass is 127. The molecule has 1 aromatic carbocycles. The predicted molar refractivity (Wildman–Crippen MR) is 98.6 cm³/mol. The van der Waals surface area contributed by atoms with Gasteiger partial charge in [0.2, 0.25) is 0 Å². The molecule has 23 heavy (non-hydrogen) atoms. The van der Waals surface area contributed by atoms with Crippen LogP contribution in [-0.4, -0.2) is 15.5 Å². The summed E-state index contributed by atoms with van der Waals surface area (Å²) in [5.74, 6) is -0.0989. The summed E-state index contributed by atoms with van der Waals surface area (Å²) in [6.45, 7) is 1.96. The fourth-order valence-electron chi connectivity index (χ4n) is 2.42. The van der Waals surface area contributed by atoms with Crippen LogP contribution in [0.1, 0.15) is 29.0 Å². The van der Waals surface area contributed by atoms with Crippen LogP contribution in [0.25, 0.3) is 5.69 Å². The highest BCUT2D eigenvalue weighted by Crippen LogP contribution is 2.17. The van der Waals surface area contributed by atoms with Crippen LogP contribution in [-0.2, 0) is 0 Å². The molecule has 1 N–H and O–H groups in total. The van der Waals surface area contributed by atoms with Crippen LogP contribution in [0.3, 0.4) is 0 Å². The van der Waals surface area contributed by atoms with Gasteiger partial charge in [0, 0.05) is 27.8 Å². The second-order valence-electron chi connectivity index (χ2n) is 5.22. The van der Waals surface area contributed by atoms with Crippen molar-refractivity contribution in [1.82, 2.24) is 14.9 Å². The van der Waals surface area contributed by atoms with Crippen molar-refractivity contribution in [3.05, 3.63) is 81.9 Å². The van der Waals surface area contributed by atoms with Crippen LogP contribution in [0.5, 0.6) is 0 Å². The van der Waals surface area contributed by atoms with E-state index in [1.165, 1.54) is 0 Å². The van der Waals surface area contributed by atoms with Gasteiger partial charge in [-0.1, -0.05) is 6.07 Å². The average Bonchev–Trinajstić information content (AvgIpc) is 3.05. The Morgan fingerprint density at radius 2 is 1.96 bits per heavy atom. The fraction of sp³-hybridized carbons (Fsp3) is 0.111. The van der Waals surface area contributed by atoms with E-state index in [0.29, 0.717) is 5.69 Å². The molecule has 0 unspecified atom stereocenters. The molecule has 2 heterocycles. The Bertz CT molecular complexity index is 814. The van der Waals surface area contributed by atoms with Crippen LogP contribution < -0.4 is 5.32 Å². The molecule has 0 fully saturated rings. The van der Waals surface area contributed by atoms with Crippen molar-refractivity contribution in [2.45, 2.75) is 13.0 Å². The molecule has 0 radical (unpaired) electrons. The highest BCUT2D eigenvalue weighted by Gasteiger charge is 2.15. The summed E-state index contributed by atoms with van der Waals surface area (Å²) in [5.41, 5.74) is 2.62. The van der Waals surface area contributed by atoms with E-state index in [1.54, 1.807) is 12.4 Å². The lowest BCUT2D eigenvalue weighted by molar-refractivity contribution is 0.0933. The van der Waals surface area contributed by atoms with Crippen molar-refractivity contribution in [2.24, 2.45) is 0 Å². The van der Waals surface area contributed by atoms with Gasteiger partial charge in [0.25, 0.3) is 5.91 Å². The van der Waals surface area contributed by atoms with E-state index in [4.69, 9.17) is 0 Å². The normalized spacial score (nSPS) is 11.9. The lowest BCUT2D eigenvalue weighted by Gasteiger charge is -2.15. The molecule has 3 aromatic rings. The number of hydrogen-bond donors (Lipinski definition) is 1. The van der Waals surface area contributed by atoms with E-state index in [2.05, 4.69) is 32.9 Å². The third-order valence-corrected chi connectivity index (χ3v) is 4.29. The molecule has 1 amide bonds. The van der Waals surface area contributed by atoms with Crippen LogP contribution >= 0.6 is 22.6 Å². The van der Waals surface area contributed by atoms with E-state index in [-0.39, 0.29) is 11.9 Å². The van der Waals surface area contributed by atoms with Crippen LogP contribution in [0.4, 0.5) is 0 Å². The Morgan fingerprint density at radius 1 is 1.17 bits per heavy atom. The second kappa shape index (κ2) is 6.95. The monoisotopic (exact) mass is 417 g/mol. The first kappa shape index (κ1) is 15.7. The quantitative estimate of drug-likeness (QED) is 0.654. The van der Waals surface area contributed by atoms with Crippen molar-refractivity contribution in [3.63, 3.8) is 0 Å². The predicted octanol–water partition coefficient (Wildman–Crippen LogP) is 3.97.